The summed E-state index contributed by atoms with van der Waals surface area (Å²) >= 11 is 0. The lowest BCUT2D eigenvalue weighted by Crippen LogP contribution is -2.41. The van der Waals surface area contributed by atoms with Crippen LogP contribution in [0.3, 0.4) is 0 Å². The van der Waals surface area contributed by atoms with Crippen LogP contribution in [0.1, 0.15) is 53.9 Å². The summed E-state index contributed by atoms with van der Waals surface area (Å²) in [4.78, 5) is 2.70. The van der Waals surface area contributed by atoms with Crippen molar-refractivity contribution < 1.29 is 0 Å². The van der Waals surface area contributed by atoms with Gasteiger partial charge in [-0.3, -0.25) is 0 Å². The van der Waals surface area contributed by atoms with Crippen molar-refractivity contribution in [2.24, 2.45) is 11.8 Å². The lowest BCUT2D eigenvalue weighted by atomic mass is 10.0. The Morgan fingerprint density at radius 2 is 1.94 bits per heavy atom. The molecule has 2 heteroatoms. The topological polar surface area (TPSA) is 15.3 Å². The van der Waals surface area contributed by atoms with Crippen molar-refractivity contribution in [3.8, 4) is 0 Å². The third-order valence-corrected chi connectivity index (χ3v) is 4.26. The quantitative estimate of drug-likeness (QED) is 0.735. The van der Waals surface area contributed by atoms with E-state index in [0.717, 1.165) is 24.4 Å². The van der Waals surface area contributed by atoms with Crippen molar-refractivity contribution in [3.63, 3.8) is 0 Å². The van der Waals surface area contributed by atoms with E-state index in [9.17, 15) is 0 Å². The Kier molecular flexibility index (Phi) is 6.50. The summed E-state index contributed by atoms with van der Waals surface area (Å²) in [5.41, 5.74) is 0. The smallest absolute Gasteiger partial charge is 0.0105 e. The highest BCUT2D eigenvalue weighted by atomic mass is 15.2. The van der Waals surface area contributed by atoms with Crippen LogP contribution in [0.2, 0.25) is 0 Å². The molecule has 0 aromatic rings. The zero-order chi connectivity index (χ0) is 12.8. The Labute approximate surface area is 108 Å². The minimum absolute atomic E-state index is 0.607. The molecule has 0 aliphatic carbocycles. The molecule has 2 nitrogen and oxygen atoms in total. The molecule has 0 spiro atoms. The van der Waals surface area contributed by atoms with Gasteiger partial charge in [-0.2, -0.15) is 0 Å². The average Bonchev–Trinajstić information content (AvgIpc) is 2.74. The van der Waals surface area contributed by atoms with Crippen molar-refractivity contribution in [1.82, 2.24) is 10.2 Å². The van der Waals surface area contributed by atoms with Crippen LogP contribution < -0.4 is 5.32 Å². The lowest BCUT2D eigenvalue weighted by Gasteiger charge is -2.30. The maximum atomic E-state index is 3.56. The van der Waals surface area contributed by atoms with Crippen molar-refractivity contribution in [2.75, 3.05) is 19.6 Å². The number of nitrogens with one attached hydrogen (secondary N) is 1. The molecule has 3 unspecified atom stereocenters. The van der Waals surface area contributed by atoms with Crippen LogP contribution in [-0.2, 0) is 0 Å². The van der Waals surface area contributed by atoms with Crippen LogP contribution in [0.4, 0.5) is 0 Å². The van der Waals surface area contributed by atoms with E-state index in [2.05, 4.69) is 44.8 Å². The van der Waals surface area contributed by atoms with E-state index >= 15 is 0 Å². The van der Waals surface area contributed by atoms with Gasteiger partial charge >= 0.3 is 0 Å². The molecule has 3 atom stereocenters. The highest BCUT2D eigenvalue weighted by molar-refractivity contribution is 4.82. The molecular formula is C15H32N2. The second-order valence-corrected chi connectivity index (χ2v) is 6.22. The van der Waals surface area contributed by atoms with Gasteiger partial charge in [0, 0.05) is 18.6 Å². The van der Waals surface area contributed by atoms with E-state index in [1.54, 1.807) is 0 Å². The van der Waals surface area contributed by atoms with Gasteiger partial charge in [-0.25, -0.2) is 0 Å². The van der Waals surface area contributed by atoms with Gasteiger partial charge in [0.05, 0.1) is 0 Å². The van der Waals surface area contributed by atoms with Crippen molar-refractivity contribution in [1.29, 1.82) is 0 Å². The van der Waals surface area contributed by atoms with Crippen LogP contribution in [0, 0.1) is 11.8 Å². The van der Waals surface area contributed by atoms with Crippen LogP contribution in [-0.4, -0.2) is 36.6 Å². The molecule has 1 rings (SSSR count). The van der Waals surface area contributed by atoms with Gasteiger partial charge in [0.15, 0.2) is 0 Å². The zero-order valence-corrected chi connectivity index (χ0v) is 12.5. The monoisotopic (exact) mass is 240 g/mol. The summed E-state index contributed by atoms with van der Waals surface area (Å²) < 4.78 is 0. The van der Waals surface area contributed by atoms with E-state index in [-0.39, 0.29) is 0 Å². The first-order valence-electron chi connectivity index (χ1n) is 7.52. The van der Waals surface area contributed by atoms with Crippen molar-refractivity contribution in [2.45, 2.75) is 66.0 Å². The predicted molar refractivity (Wildman–Crippen MR) is 76.4 cm³/mol. The molecule has 17 heavy (non-hydrogen) atoms. The van der Waals surface area contributed by atoms with Gasteiger partial charge in [0.1, 0.15) is 0 Å². The zero-order valence-electron chi connectivity index (χ0n) is 12.5. The van der Waals surface area contributed by atoms with Gasteiger partial charge < -0.3 is 10.2 Å². The largest absolute Gasteiger partial charge is 0.314 e. The van der Waals surface area contributed by atoms with Crippen molar-refractivity contribution in [3.05, 3.63) is 0 Å². The Bertz CT molecular complexity index is 203. The average molecular weight is 240 g/mol. The van der Waals surface area contributed by atoms with E-state index in [1.807, 2.05) is 0 Å². The molecule has 0 amide bonds. The number of nitrogens with zero attached hydrogens (tertiary/aromatic N) is 1. The number of rotatable bonds is 7. The Morgan fingerprint density at radius 1 is 1.24 bits per heavy atom. The maximum absolute atomic E-state index is 3.56. The summed E-state index contributed by atoms with van der Waals surface area (Å²) in [6.45, 7) is 15.3. The first-order chi connectivity index (χ1) is 8.04. The highest BCUT2D eigenvalue weighted by Gasteiger charge is 2.27. The molecular weight excluding hydrogens is 208 g/mol. The second kappa shape index (κ2) is 7.38. The van der Waals surface area contributed by atoms with E-state index in [1.165, 1.54) is 32.4 Å². The lowest BCUT2D eigenvalue weighted by molar-refractivity contribution is 0.186. The van der Waals surface area contributed by atoms with E-state index in [0.29, 0.717) is 6.04 Å². The molecule has 1 saturated heterocycles. The SMILES string of the molecule is CCCC1CCN(C(C)C(C)CNC(C)C)C1. The summed E-state index contributed by atoms with van der Waals surface area (Å²) in [6.07, 6.45) is 4.18. The highest BCUT2D eigenvalue weighted by Crippen LogP contribution is 2.24. The van der Waals surface area contributed by atoms with Crippen molar-refractivity contribution >= 4 is 0 Å². The first kappa shape index (κ1) is 15.0. The summed E-state index contributed by atoms with van der Waals surface area (Å²) in [7, 11) is 0. The van der Waals surface area contributed by atoms with Gasteiger partial charge in [-0.15, -0.1) is 0 Å². The summed E-state index contributed by atoms with van der Waals surface area (Å²) in [5, 5.41) is 3.56. The van der Waals surface area contributed by atoms with E-state index < -0.39 is 0 Å². The molecule has 1 aliphatic heterocycles. The number of hydrogen-bond acceptors (Lipinski definition) is 2. The molecule has 1 heterocycles. The van der Waals surface area contributed by atoms with Gasteiger partial charge in [-0.1, -0.05) is 34.1 Å². The third kappa shape index (κ3) is 4.97. The minimum Gasteiger partial charge on any atom is -0.314 e. The molecule has 1 aliphatic rings. The molecule has 0 saturated carbocycles. The van der Waals surface area contributed by atoms with Crippen LogP contribution >= 0.6 is 0 Å². The fourth-order valence-electron chi connectivity index (χ4n) is 2.83. The standard InChI is InChI=1S/C15H32N2/c1-6-7-15-8-9-17(11-15)14(5)13(4)10-16-12(2)3/h12-16H,6-11H2,1-5H3. The maximum Gasteiger partial charge on any atom is 0.0105 e. The molecule has 0 bridgehead atoms. The van der Waals surface area contributed by atoms with E-state index in [4.69, 9.17) is 0 Å². The van der Waals surface area contributed by atoms with Crippen LogP contribution in [0.15, 0.2) is 0 Å². The summed E-state index contributed by atoms with van der Waals surface area (Å²) in [6, 6.07) is 1.33. The molecule has 102 valence electrons. The molecule has 1 N–H and O–H groups in total. The van der Waals surface area contributed by atoms with Crippen LogP contribution in [0.5, 0.6) is 0 Å². The molecule has 0 radical (unpaired) electrons. The number of likely N-dealkylation sites (tertiary alicyclic amines) is 1. The molecule has 1 fully saturated rings. The minimum atomic E-state index is 0.607. The molecule has 0 aromatic heterocycles. The van der Waals surface area contributed by atoms with Gasteiger partial charge in [0.2, 0.25) is 0 Å². The first-order valence-corrected chi connectivity index (χ1v) is 7.52. The predicted octanol–water partition coefficient (Wildman–Crippen LogP) is 3.13. The third-order valence-electron chi connectivity index (χ3n) is 4.26. The number of hydrogen-bond donors (Lipinski definition) is 1. The second-order valence-electron chi connectivity index (χ2n) is 6.22. The summed E-state index contributed by atoms with van der Waals surface area (Å²) in [5.74, 6) is 1.71. The molecule has 0 aromatic carbocycles. The van der Waals surface area contributed by atoms with Gasteiger partial charge in [-0.05, 0) is 44.7 Å². The normalized spacial score (nSPS) is 25.4. The Hall–Kier alpha value is -0.0800. The van der Waals surface area contributed by atoms with Crippen LogP contribution in [0.25, 0.3) is 0 Å². The Balaban J connectivity index is 2.29. The van der Waals surface area contributed by atoms with Gasteiger partial charge in [0.25, 0.3) is 0 Å². The fourth-order valence-corrected chi connectivity index (χ4v) is 2.83. The Morgan fingerprint density at radius 3 is 2.53 bits per heavy atom. The fraction of sp³-hybridized carbons (Fsp3) is 1.00.